The molecule has 0 bridgehead atoms. The summed E-state index contributed by atoms with van der Waals surface area (Å²) in [6, 6.07) is 7.65. The fourth-order valence-corrected chi connectivity index (χ4v) is 2.35. The van der Waals surface area contributed by atoms with Crippen molar-refractivity contribution in [2.75, 3.05) is 0 Å². The van der Waals surface area contributed by atoms with E-state index < -0.39 is 0 Å². The lowest BCUT2D eigenvalue weighted by Gasteiger charge is -2.00. The Morgan fingerprint density at radius 2 is 2.21 bits per heavy atom. The lowest BCUT2D eigenvalue weighted by molar-refractivity contribution is 0.831. The molecule has 0 aliphatic heterocycles. The molecule has 4 heteroatoms. The van der Waals surface area contributed by atoms with Crippen molar-refractivity contribution in [2.24, 2.45) is 0 Å². The van der Waals surface area contributed by atoms with E-state index in [1.54, 1.807) is 4.57 Å². The van der Waals surface area contributed by atoms with E-state index in [2.05, 4.69) is 6.58 Å². The van der Waals surface area contributed by atoms with Crippen LogP contribution in [0.25, 0.3) is 10.2 Å². The van der Waals surface area contributed by atoms with Crippen LogP contribution in [0, 0.1) is 0 Å². The van der Waals surface area contributed by atoms with Crippen LogP contribution in [0.5, 0.6) is 0 Å². The molecule has 0 saturated heterocycles. The van der Waals surface area contributed by atoms with Gasteiger partial charge in [-0.2, -0.15) is 0 Å². The molecule has 0 aliphatic rings. The molecule has 0 unspecified atom stereocenters. The number of rotatable bonds is 2. The first kappa shape index (κ1) is 9.49. The maximum Gasteiger partial charge on any atom is 0.308 e. The van der Waals surface area contributed by atoms with Crippen LogP contribution >= 0.6 is 22.9 Å². The van der Waals surface area contributed by atoms with E-state index >= 15 is 0 Å². The van der Waals surface area contributed by atoms with Crippen LogP contribution in [0.3, 0.4) is 0 Å². The first-order chi connectivity index (χ1) is 6.68. The zero-order valence-corrected chi connectivity index (χ0v) is 8.94. The molecule has 2 rings (SSSR count). The molecule has 0 fully saturated rings. The van der Waals surface area contributed by atoms with Crippen molar-refractivity contribution in [2.45, 2.75) is 6.54 Å². The molecule has 72 valence electrons. The minimum Gasteiger partial charge on any atom is -0.293 e. The van der Waals surface area contributed by atoms with Crippen LogP contribution in [0.2, 0.25) is 0 Å². The van der Waals surface area contributed by atoms with E-state index in [4.69, 9.17) is 11.6 Å². The van der Waals surface area contributed by atoms with Gasteiger partial charge in [0.05, 0.1) is 16.8 Å². The summed E-state index contributed by atoms with van der Waals surface area (Å²) < 4.78 is 2.62. The summed E-state index contributed by atoms with van der Waals surface area (Å²) >= 11 is 6.92. The van der Waals surface area contributed by atoms with Gasteiger partial charge in [0.2, 0.25) is 0 Å². The molecule has 0 amide bonds. The molecule has 0 N–H and O–H groups in total. The van der Waals surface area contributed by atoms with Crippen molar-refractivity contribution < 1.29 is 0 Å². The molecule has 2 aromatic rings. The second-order valence-electron chi connectivity index (χ2n) is 2.94. The van der Waals surface area contributed by atoms with Gasteiger partial charge in [-0.3, -0.25) is 9.36 Å². The summed E-state index contributed by atoms with van der Waals surface area (Å²) in [7, 11) is 0. The molecule has 0 spiro atoms. The second-order valence-corrected chi connectivity index (χ2v) is 4.47. The van der Waals surface area contributed by atoms with E-state index in [0.29, 0.717) is 11.6 Å². The number of thiazole rings is 1. The smallest absolute Gasteiger partial charge is 0.293 e. The van der Waals surface area contributed by atoms with Crippen molar-refractivity contribution in [3.8, 4) is 0 Å². The fourth-order valence-electron chi connectivity index (χ4n) is 1.34. The highest BCUT2D eigenvalue weighted by atomic mass is 35.5. The first-order valence-corrected chi connectivity index (χ1v) is 5.29. The fraction of sp³-hybridized carbons (Fsp3) is 0.100. The number of benzene rings is 1. The van der Waals surface area contributed by atoms with Gasteiger partial charge in [0.25, 0.3) is 0 Å². The Labute approximate surface area is 90.1 Å². The quantitative estimate of drug-likeness (QED) is 0.771. The highest BCUT2D eigenvalue weighted by Gasteiger charge is 2.06. The monoisotopic (exact) mass is 225 g/mol. The predicted molar refractivity (Wildman–Crippen MR) is 61.1 cm³/mol. The summed E-state index contributed by atoms with van der Waals surface area (Å²) in [5.74, 6) is 0. The Morgan fingerprint density at radius 3 is 2.93 bits per heavy atom. The third-order valence-electron chi connectivity index (χ3n) is 1.90. The highest BCUT2D eigenvalue weighted by Crippen LogP contribution is 2.17. The third kappa shape index (κ3) is 1.61. The zero-order valence-electron chi connectivity index (χ0n) is 7.37. The van der Waals surface area contributed by atoms with Gasteiger partial charge < -0.3 is 0 Å². The van der Waals surface area contributed by atoms with Gasteiger partial charge in [0, 0.05) is 5.03 Å². The largest absolute Gasteiger partial charge is 0.308 e. The van der Waals surface area contributed by atoms with Crippen molar-refractivity contribution in [3.05, 3.63) is 45.5 Å². The third-order valence-corrected chi connectivity index (χ3v) is 2.98. The van der Waals surface area contributed by atoms with Gasteiger partial charge in [-0.25, -0.2) is 0 Å². The molecular weight excluding hydrogens is 218 g/mol. The number of hydrogen-bond acceptors (Lipinski definition) is 2. The van der Waals surface area contributed by atoms with Crippen molar-refractivity contribution in [1.29, 1.82) is 0 Å². The number of nitrogens with zero attached hydrogens (tertiary/aromatic N) is 1. The number of halogens is 1. The van der Waals surface area contributed by atoms with Gasteiger partial charge in [0.1, 0.15) is 0 Å². The minimum absolute atomic E-state index is 0.00741. The Balaban J connectivity index is 2.68. The first-order valence-electron chi connectivity index (χ1n) is 4.10. The van der Waals surface area contributed by atoms with Crippen LogP contribution < -0.4 is 4.87 Å². The predicted octanol–water partition coefficient (Wildman–Crippen LogP) is 2.82. The zero-order chi connectivity index (χ0) is 10.1. The van der Waals surface area contributed by atoms with Crippen molar-refractivity contribution >= 4 is 33.2 Å². The van der Waals surface area contributed by atoms with Crippen LogP contribution in [0.1, 0.15) is 0 Å². The molecule has 2 nitrogen and oxygen atoms in total. The van der Waals surface area contributed by atoms with E-state index in [0.717, 1.165) is 10.2 Å². The molecule has 14 heavy (non-hydrogen) atoms. The minimum atomic E-state index is 0.00741. The number of aromatic nitrogens is 1. The SMILES string of the molecule is C=C(Cl)Cn1c(=O)sc2ccccc21. The summed E-state index contributed by atoms with van der Waals surface area (Å²) in [6.07, 6.45) is 0. The highest BCUT2D eigenvalue weighted by molar-refractivity contribution is 7.16. The standard InChI is InChI=1S/C10H8ClNOS/c1-7(11)6-12-8-4-2-3-5-9(8)14-10(12)13/h2-5H,1,6H2. The number of hydrogen-bond donors (Lipinski definition) is 0. The van der Waals surface area contributed by atoms with E-state index in [1.165, 1.54) is 11.3 Å². The molecule has 0 atom stereocenters. The van der Waals surface area contributed by atoms with Crippen molar-refractivity contribution in [3.63, 3.8) is 0 Å². The Kier molecular flexibility index (Phi) is 2.44. The van der Waals surface area contributed by atoms with Gasteiger partial charge >= 0.3 is 4.87 Å². The molecule has 0 saturated carbocycles. The lowest BCUT2D eigenvalue weighted by Crippen LogP contribution is -2.12. The summed E-state index contributed by atoms with van der Waals surface area (Å²) in [6.45, 7) is 3.97. The van der Waals surface area contributed by atoms with Crippen LogP contribution in [0.4, 0.5) is 0 Å². The van der Waals surface area contributed by atoms with Crippen LogP contribution in [0.15, 0.2) is 40.7 Å². The molecule has 1 aromatic heterocycles. The Bertz CT molecular complexity index is 540. The Morgan fingerprint density at radius 1 is 1.50 bits per heavy atom. The molecular formula is C10H8ClNOS. The summed E-state index contributed by atoms with van der Waals surface area (Å²) in [5.41, 5.74) is 0.921. The molecule has 1 aromatic carbocycles. The molecule has 0 radical (unpaired) electrons. The summed E-state index contributed by atoms with van der Waals surface area (Å²) in [4.78, 5) is 11.6. The normalized spacial score (nSPS) is 10.6. The maximum absolute atomic E-state index is 11.6. The summed E-state index contributed by atoms with van der Waals surface area (Å²) in [5, 5.41) is 0.468. The average Bonchev–Trinajstić information content (AvgIpc) is 2.43. The number of fused-ring (bicyclic) bond motifs is 1. The van der Waals surface area contributed by atoms with E-state index in [9.17, 15) is 4.79 Å². The number of allylic oxidation sites excluding steroid dienone is 1. The molecule has 0 aliphatic carbocycles. The van der Waals surface area contributed by atoms with Crippen LogP contribution in [-0.2, 0) is 6.54 Å². The number of para-hydroxylation sites is 1. The van der Waals surface area contributed by atoms with Gasteiger partial charge in [-0.05, 0) is 12.1 Å². The van der Waals surface area contributed by atoms with Crippen molar-refractivity contribution in [1.82, 2.24) is 4.57 Å². The van der Waals surface area contributed by atoms with Gasteiger partial charge in [-0.1, -0.05) is 41.6 Å². The average molecular weight is 226 g/mol. The Hall–Kier alpha value is -1.06. The van der Waals surface area contributed by atoms with E-state index in [-0.39, 0.29) is 4.87 Å². The maximum atomic E-state index is 11.6. The second kappa shape index (κ2) is 3.59. The molecule has 1 heterocycles. The van der Waals surface area contributed by atoms with E-state index in [1.807, 2.05) is 24.3 Å². The topological polar surface area (TPSA) is 22.0 Å². The lowest BCUT2D eigenvalue weighted by atomic mass is 10.3. The van der Waals surface area contributed by atoms with Crippen LogP contribution in [-0.4, -0.2) is 4.57 Å². The van der Waals surface area contributed by atoms with Gasteiger partial charge in [-0.15, -0.1) is 0 Å². The van der Waals surface area contributed by atoms with Gasteiger partial charge in [0.15, 0.2) is 0 Å².